The van der Waals surface area contributed by atoms with Crippen molar-refractivity contribution in [1.82, 2.24) is 9.88 Å². The van der Waals surface area contributed by atoms with Gasteiger partial charge in [0.15, 0.2) is 5.13 Å². The van der Waals surface area contributed by atoms with Gasteiger partial charge in [-0.25, -0.2) is 9.78 Å². The molecular weight excluding hydrogens is 364 g/mol. The molecule has 144 valence electrons. The van der Waals surface area contributed by atoms with Crippen LogP contribution in [0.2, 0.25) is 0 Å². The summed E-state index contributed by atoms with van der Waals surface area (Å²) in [6.45, 7) is 3.05. The lowest BCUT2D eigenvalue weighted by Gasteiger charge is -2.25. The van der Waals surface area contributed by atoms with Gasteiger partial charge in [-0.05, 0) is 50.0 Å². The maximum atomic E-state index is 12.2. The second-order valence-corrected chi connectivity index (χ2v) is 7.51. The van der Waals surface area contributed by atoms with Gasteiger partial charge < -0.3 is 10.4 Å². The third-order valence-electron chi connectivity index (χ3n) is 4.42. The Morgan fingerprint density at radius 2 is 2.00 bits per heavy atom. The quantitative estimate of drug-likeness (QED) is 0.671. The van der Waals surface area contributed by atoms with E-state index in [4.69, 9.17) is 5.11 Å². The fourth-order valence-corrected chi connectivity index (χ4v) is 3.80. The molecule has 2 aromatic rings. The number of carbonyl (C=O) groups is 2. The number of amides is 2. The van der Waals surface area contributed by atoms with Crippen molar-refractivity contribution < 1.29 is 14.7 Å². The third-order valence-corrected chi connectivity index (χ3v) is 5.23. The van der Waals surface area contributed by atoms with E-state index in [1.54, 1.807) is 18.2 Å². The predicted octanol–water partition coefficient (Wildman–Crippen LogP) is 3.79. The molecule has 1 saturated heterocycles. The Kier molecular flexibility index (Phi) is 6.78. The summed E-state index contributed by atoms with van der Waals surface area (Å²) in [5.74, 6) is -0.838. The number of piperidine rings is 1. The highest BCUT2D eigenvalue weighted by Crippen LogP contribution is 2.19. The molecule has 0 radical (unpaired) electrons. The molecule has 0 unspecified atom stereocenters. The standard InChI is InChI=1S/C19H24N4O3S/c24-17(25)8-7-14-5-4-6-15(11-14)20-18(26)22-19-21-16(13-27-19)12-23-9-2-1-3-10-23/h4-6,11,13H,1-3,7-10,12H2,(H,24,25)(H2,20,21,22,26). The number of hydrogen-bond donors (Lipinski definition) is 3. The van der Waals surface area contributed by atoms with E-state index in [0.717, 1.165) is 30.9 Å². The lowest BCUT2D eigenvalue weighted by molar-refractivity contribution is -0.136. The highest BCUT2D eigenvalue weighted by atomic mass is 32.1. The van der Waals surface area contributed by atoms with Gasteiger partial charge in [0.1, 0.15) is 0 Å². The number of thiazole rings is 1. The van der Waals surface area contributed by atoms with E-state index in [-0.39, 0.29) is 12.5 Å². The van der Waals surface area contributed by atoms with Crippen molar-refractivity contribution in [3.63, 3.8) is 0 Å². The first-order valence-corrected chi connectivity index (χ1v) is 10.0. The van der Waals surface area contributed by atoms with Crippen molar-refractivity contribution in [2.24, 2.45) is 0 Å². The number of carboxylic acids is 1. The molecule has 0 bridgehead atoms. The van der Waals surface area contributed by atoms with E-state index < -0.39 is 5.97 Å². The smallest absolute Gasteiger partial charge is 0.325 e. The van der Waals surface area contributed by atoms with Gasteiger partial charge >= 0.3 is 12.0 Å². The summed E-state index contributed by atoms with van der Waals surface area (Å²) in [7, 11) is 0. The number of likely N-dealkylation sites (tertiary alicyclic amines) is 1. The summed E-state index contributed by atoms with van der Waals surface area (Å²) in [6.07, 6.45) is 4.28. The van der Waals surface area contributed by atoms with E-state index >= 15 is 0 Å². The fraction of sp³-hybridized carbons (Fsp3) is 0.421. The molecule has 2 amide bonds. The second kappa shape index (κ2) is 9.48. The monoisotopic (exact) mass is 388 g/mol. The van der Waals surface area contributed by atoms with Crippen LogP contribution in [0.15, 0.2) is 29.6 Å². The van der Waals surface area contributed by atoms with Crippen LogP contribution in [-0.2, 0) is 17.8 Å². The van der Waals surface area contributed by atoms with Crippen molar-refractivity contribution in [2.45, 2.75) is 38.6 Å². The number of carbonyl (C=O) groups excluding carboxylic acids is 1. The van der Waals surface area contributed by atoms with E-state index in [0.29, 0.717) is 17.2 Å². The Balaban J connectivity index is 1.50. The number of nitrogens with zero attached hydrogens (tertiary/aromatic N) is 2. The van der Waals surface area contributed by atoms with Crippen LogP contribution in [0.1, 0.15) is 36.9 Å². The number of carboxylic acid groups (broad SMARTS) is 1. The average molecular weight is 388 g/mol. The first-order chi connectivity index (χ1) is 13.1. The Labute approximate surface area is 162 Å². The summed E-state index contributed by atoms with van der Waals surface area (Å²) < 4.78 is 0. The third kappa shape index (κ3) is 6.33. The van der Waals surface area contributed by atoms with Crippen molar-refractivity contribution >= 4 is 34.2 Å². The molecule has 3 N–H and O–H groups in total. The van der Waals surface area contributed by atoms with E-state index in [2.05, 4.69) is 20.5 Å². The number of rotatable bonds is 7. The molecule has 27 heavy (non-hydrogen) atoms. The minimum absolute atomic E-state index is 0.0640. The summed E-state index contributed by atoms with van der Waals surface area (Å²) in [6, 6.07) is 6.84. The molecule has 1 aliphatic heterocycles. The van der Waals surface area contributed by atoms with E-state index in [1.165, 1.54) is 30.6 Å². The molecule has 0 saturated carbocycles. The molecule has 8 heteroatoms. The fourth-order valence-electron chi connectivity index (χ4n) is 3.10. The number of hydrogen-bond acceptors (Lipinski definition) is 5. The first-order valence-electron chi connectivity index (χ1n) is 9.14. The lowest BCUT2D eigenvalue weighted by atomic mass is 10.1. The highest BCUT2D eigenvalue weighted by molar-refractivity contribution is 7.13. The summed E-state index contributed by atoms with van der Waals surface area (Å²) >= 11 is 1.42. The van der Waals surface area contributed by atoms with Gasteiger partial charge in [-0.1, -0.05) is 18.6 Å². The van der Waals surface area contributed by atoms with Gasteiger partial charge in [-0.15, -0.1) is 11.3 Å². The molecule has 1 aromatic carbocycles. The zero-order chi connectivity index (χ0) is 19.1. The maximum absolute atomic E-state index is 12.2. The topological polar surface area (TPSA) is 94.6 Å². The number of benzene rings is 1. The normalized spacial score (nSPS) is 14.7. The van der Waals surface area contributed by atoms with Crippen LogP contribution in [0.3, 0.4) is 0 Å². The zero-order valence-corrected chi connectivity index (χ0v) is 15.9. The minimum atomic E-state index is -0.838. The van der Waals surface area contributed by atoms with Crippen LogP contribution in [0, 0.1) is 0 Å². The van der Waals surface area contributed by atoms with Crippen LogP contribution < -0.4 is 10.6 Å². The molecule has 1 aromatic heterocycles. The van der Waals surface area contributed by atoms with Gasteiger partial charge in [-0.2, -0.15) is 0 Å². The number of anilines is 2. The molecule has 0 spiro atoms. The Bertz CT molecular complexity index is 787. The van der Waals surface area contributed by atoms with Crippen molar-refractivity contribution in [2.75, 3.05) is 23.7 Å². The van der Waals surface area contributed by atoms with Crippen LogP contribution in [0.4, 0.5) is 15.6 Å². The second-order valence-electron chi connectivity index (χ2n) is 6.65. The van der Waals surface area contributed by atoms with Gasteiger partial charge in [0, 0.05) is 24.0 Å². The van der Waals surface area contributed by atoms with Gasteiger partial charge in [-0.3, -0.25) is 15.0 Å². The van der Waals surface area contributed by atoms with Crippen LogP contribution in [0.5, 0.6) is 0 Å². The van der Waals surface area contributed by atoms with Crippen LogP contribution in [-0.4, -0.2) is 40.1 Å². The Hall–Kier alpha value is -2.45. The predicted molar refractivity (Wildman–Crippen MR) is 106 cm³/mol. The molecule has 1 aliphatic rings. The molecule has 0 atom stereocenters. The van der Waals surface area contributed by atoms with Gasteiger partial charge in [0.25, 0.3) is 0 Å². The number of nitrogens with one attached hydrogen (secondary N) is 2. The first kappa shape index (κ1) is 19.3. The van der Waals surface area contributed by atoms with Crippen molar-refractivity contribution in [1.29, 1.82) is 0 Å². The number of aryl methyl sites for hydroxylation is 1. The summed E-state index contributed by atoms with van der Waals surface area (Å²) in [4.78, 5) is 29.8. The number of urea groups is 1. The molecule has 7 nitrogen and oxygen atoms in total. The largest absolute Gasteiger partial charge is 0.481 e. The Morgan fingerprint density at radius 1 is 1.19 bits per heavy atom. The van der Waals surface area contributed by atoms with E-state index in [1.807, 2.05) is 11.4 Å². The molecule has 1 fully saturated rings. The molecule has 3 rings (SSSR count). The van der Waals surface area contributed by atoms with Crippen molar-refractivity contribution in [3.05, 3.63) is 40.9 Å². The maximum Gasteiger partial charge on any atom is 0.325 e. The molecular formula is C19H24N4O3S. The molecule has 2 heterocycles. The van der Waals surface area contributed by atoms with Gasteiger partial charge in [0.05, 0.1) is 5.69 Å². The number of aromatic nitrogens is 1. The summed E-state index contributed by atoms with van der Waals surface area (Å²) in [5, 5.41) is 16.9. The molecule has 0 aliphatic carbocycles. The highest BCUT2D eigenvalue weighted by Gasteiger charge is 2.13. The lowest BCUT2D eigenvalue weighted by Crippen LogP contribution is -2.29. The van der Waals surface area contributed by atoms with Gasteiger partial charge in [0.2, 0.25) is 0 Å². The van der Waals surface area contributed by atoms with Crippen LogP contribution in [0.25, 0.3) is 0 Å². The summed E-state index contributed by atoms with van der Waals surface area (Å²) in [5.41, 5.74) is 2.47. The SMILES string of the molecule is O=C(O)CCc1cccc(NC(=O)Nc2nc(CN3CCCCC3)cs2)c1. The minimum Gasteiger partial charge on any atom is -0.481 e. The van der Waals surface area contributed by atoms with Crippen LogP contribution >= 0.6 is 11.3 Å². The Morgan fingerprint density at radius 3 is 2.78 bits per heavy atom. The van der Waals surface area contributed by atoms with E-state index in [9.17, 15) is 9.59 Å². The van der Waals surface area contributed by atoms with Crippen molar-refractivity contribution in [3.8, 4) is 0 Å². The number of aliphatic carboxylic acids is 1. The average Bonchev–Trinajstić information content (AvgIpc) is 3.07. The zero-order valence-electron chi connectivity index (χ0n) is 15.1.